The number of amides is 3. The minimum atomic E-state index is -0.615. The normalized spacial score (nSPS) is 10.1. The molecular formula is C21H18N4O4. The van der Waals surface area contributed by atoms with E-state index in [2.05, 4.69) is 16.0 Å². The number of carbonyl (C=O) groups excluding carboxylic acids is 2. The number of nitro benzene ring substituents is 1. The van der Waals surface area contributed by atoms with Crippen LogP contribution < -0.4 is 16.0 Å². The standard InChI is InChI=1S/C21H18N4O4/c1-14-6-8-15(9-7-14)20(26)22-16-10-12-17(13-11-16)23-21(27)24-18-4-2-3-5-19(18)25(28)29/h2-13H,1H3,(H,22,26)(H2,23,24,27). The molecule has 0 bridgehead atoms. The number of anilines is 3. The summed E-state index contributed by atoms with van der Waals surface area (Å²) in [4.78, 5) is 34.8. The van der Waals surface area contributed by atoms with Crippen LogP contribution in [-0.2, 0) is 0 Å². The molecule has 0 saturated carbocycles. The first-order chi connectivity index (χ1) is 13.9. The van der Waals surface area contributed by atoms with E-state index < -0.39 is 11.0 Å². The molecule has 3 aromatic rings. The predicted octanol–water partition coefficient (Wildman–Crippen LogP) is 4.80. The molecule has 0 spiro atoms. The lowest BCUT2D eigenvalue weighted by atomic mass is 10.1. The highest BCUT2D eigenvalue weighted by molar-refractivity contribution is 6.04. The number of benzene rings is 3. The monoisotopic (exact) mass is 390 g/mol. The van der Waals surface area contributed by atoms with Gasteiger partial charge >= 0.3 is 6.03 Å². The molecule has 0 aliphatic heterocycles. The molecule has 3 amide bonds. The van der Waals surface area contributed by atoms with Gasteiger partial charge in [-0.15, -0.1) is 0 Å². The quantitative estimate of drug-likeness (QED) is 0.429. The van der Waals surface area contributed by atoms with Crippen molar-refractivity contribution in [2.45, 2.75) is 6.92 Å². The van der Waals surface area contributed by atoms with Crippen LogP contribution in [0, 0.1) is 17.0 Å². The molecule has 3 rings (SSSR count). The van der Waals surface area contributed by atoms with Gasteiger partial charge in [0.25, 0.3) is 11.6 Å². The molecule has 0 aromatic heterocycles. The van der Waals surface area contributed by atoms with E-state index in [1.54, 1.807) is 42.5 Å². The number of aryl methyl sites for hydroxylation is 1. The number of carbonyl (C=O) groups is 2. The van der Waals surface area contributed by atoms with Crippen molar-refractivity contribution in [3.8, 4) is 0 Å². The number of hydrogen-bond donors (Lipinski definition) is 3. The second-order valence-electron chi connectivity index (χ2n) is 6.25. The molecule has 8 heteroatoms. The zero-order chi connectivity index (χ0) is 20.8. The number of nitrogens with zero attached hydrogens (tertiary/aromatic N) is 1. The van der Waals surface area contributed by atoms with Gasteiger partial charge in [-0.1, -0.05) is 29.8 Å². The lowest BCUT2D eigenvalue weighted by Gasteiger charge is -2.09. The Morgan fingerprint density at radius 1 is 0.793 bits per heavy atom. The average Bonchev–Trinajstić information content (AvgIpc) is 2.70. The van der Waals surface area contributed by atoms with Gasteiger partial charge in [-0.25, -0.2) is 4.79 Å². The van der Waals surface area contributed by atoms with Gasteiger partial charge < -0.3 is 16.0 Å². The predicted molar refractivity (Wildman–Crippen MR) is 111 cm³/mol. The van der Waals surface area contributed by atoms with Crippen molar-refractivity contribution in [1.82, 2.24) is 0 Å². The van der Waals surface area contributed by atoms with Gasteiger partial charge in [0, 0.05) is 23.0 Å². The van der Waals surface area contributed by atoms with Crippen molar-refractivity contribution >= 4 is 34.7 Å². The zero-order valence-corrected chi connectivity index (χ0v) is 15.5. The maximum Gasteiger partial charge on any atom is 0.323 e. The van der Waals surface area contributed by atoms with Crippen molar-refractivity contribution < 1.29 is 14.5 Å². The van der Waals surface area contributed by atoms with E-state index in [1.165, 1.54) is 18.2 Å². The summed E-state index contributed by atoms with van der Waals surface area (Å²) in [5.41, 5.74) is 2.54. The second-order valence-corrected chi connectivity index (χ2v) is 6.25. The number of para-hydroxylation sites is 2. The number of hydrogen-bond acceptors (Lipinski definition) is 4. The third-order valence-electron chi connectivity index (χ3n) is 4.06. The summed E-state index contributed by atoms with van der Waals surface area (Å²) in [6.07, 6.45) is 0. The first kappa shape index (κ1) is 19.6. The first-order valence-electron chi connectivity index (χ1n) is 8.72. The van der Waals surface area contributed by atoms with Crippen LogP contribution in [0.3, 0.4) is 0 Å². The third-order valence-corrected chi connectivity index (χ3v) is 4.06. The number of nitro groups is 1. The summed E-state index contributed by atoms with van der Waals surface area (Å²) in [5, 5.41) is 18.8. The van der Waals surface area contributed by atoms with Crippen LogP contribution in [0.5, 0.6) is 0 Å². The largest absolute Gasteiger partial charge is 0.323 e. The fourth-order valence-corrected chi connectivity index (χ4v) is 2.57. The average molecular weight is 390 g/mol. The van der Waals surface area contributed by atoms with Gasteiger partial charge in [0.15, 0.2) is 0 Å². The summed E-state index contributed by atoms with van der Waals surface area (Å²) in [5.74, 6) is -0.236. The highest BCUT2D eigenvalue weighted by Gasteiger charge is 2.14. The minimum Gasteiger partial charge on any atom is -0.322 e. The van der Waals surface area contributed by atoms with Crippen LogP contribution in [0.1, 0.15) is 15.9 Å². The van der Waals surface area contributed by atoms with Gasteiger partial charge in [-0.3, -0.25) is 14.9 Å². The number of nitrogens with one attached hydrogen (secondary N) is 3. The summed E-state index contributed by atoms with van der Waals surface area (Å²) >= 11 is 0. The fraction of sp³-hybridized carbons (Fsp3) is 0.0476. The van der Waals surface area contributed by atoms with Crippen molar-refractivity contribution in [2.75, 3.05) is 16.0 Å². The van der Waals surface area contributed by atoms with E-state index in [0.29, 0.717) is 16.9 Å². The molecular weight excluding hydrogens is 372 g/mol. The first-order valence-corrected chi connectivity index (χ1v) is 8.72. The lowest BCUT2D eigenvalue weighted by Crippen LogP contribution is -2.20. The summed E-state index contributed by atoms with van der Waals surface area (Å²) in [6, 6.07) is 19.0. The van der Waals surface area contributed by atoms with Crippen LogP contribution in [-0.4, -0.2) is 16.9 Å². The van der Waals surface area contributed by atoms with E-state index in [1.807, 2.05) is 19.1 Å². The van der Waals surface area contributed by atoms with Crippen molar-refractivity contribution in [3.63, 3.8) is 0 Å². The topological polar surface area (TPSA) is 113 Å². The molecule has 3 aromatic carbocycles. The SMILES string of the molecule is Cc1ccc(C(=O)Nc2ccc(NC(=O)Nc3ccccc3[N+](=O)[O-])cc2)cc1. The Balaban J connectivity index is 1.60. The molecule has 146 valence electrons. The Labute approximate surface area is 166 Å². The molecule has 0 heterocycles. The van der Waals surface area contributed by atoms with Crippen LogP contribution in [0.25, 0.3) is 0 Å². The van der Waals surface area contributed by atoms with Crippen molar-refractivity contribution in [3.05, 3.63) is 94.0 Å². The van der Waals surface area contributed by atoms with E-state index in [9.17, 15) is 19.7 Å². The molecule has 0 aliphatic rings. The highest BCUT2D eigenvalue weighted by Crippen LogP contribution is 2.23. The Bertz CT molecular complexity index is 1050. The van der Waals surface area contributed by atoms with Gasteiger partial charge in [-0.2, -0.15) is 0 Å². The van der Waals surface area contributed by atoms with Crippen LogP contribution in [0.15, 0.2) is 72.8 Å². The molecule has 0 fully saturated rings. The van der Waals surface area contributed by atoms with Gasteiger partial charge in [-0.05, 0) is 49.4 Å². The molecule has 29 heavy (non-hydrogen) atoms. The van der Waals surface area contributed by atoms with Crippen LogP contribution in [0.2, 0.25) is 0 Å². The van der Waals surface area contributed by atoms with Crippen molar-refractivity contribution in [1.29, 1.82) is 0 Å². The lowest BCUT2D eigenvalue weighted by molar-refractivity contribution is -0.383. The fourth-order valence-electron chi connectivity index (χ4n) is 2.57. The Kier molecular flexibility index (Phi) is 5.84. The summed E-state index contributed by atoms with van der Waals surface area (Å²) in [7, 11) is 0. The van der Waals surface area contributed by atoms with E-state index in [4.69, 9.17) is 0 Å². The van der Waals surface area contributed by atoms with Gasteiger partial charge in [0.2, 0.25) is 0 Å². The maximum atomic E-state index is 12.2. The minimum absolute atomic E-state index is 0.0944. The molecule has 0 atom stereocenters. The van der Waals surface area contributed by atoms with E-state index in [-0.39, 0.29) is 17.3 Å². The summed E-state index contributed by atoms with van der Waals surface area (Å²) in [6.45, 7) is 1.94. The maximum absolute atomic E-state index is 12.2. The molecule has 0 radical (unpaired) electrons. The Morgan fingerprint density at radius 3 is 2.00 bits per heavy atom. The second kappa shape index (κ2) is 8.66. The number of rotatable bonds is 5. The van der Waals surface area contributed by atoms with Crippen LogP contribution >= 0.6 is 0 Å². The van der Waals surface area contributed by atoms with Crippen LogP contribution in [0.4, 0.5) is 27.5 Å². The Morgan fingerprint density at radius 2 is 1.38 bits per heavy atom. The summed E-state index contributed by atoms with van der Waals surface area (Å²) < 4.78 is 0. The molecule has 3 N–H and O–H groups in total. The molecule has 0 unspecified atom stereocenters. The Hall–Kier alpha value is -4.20. The van der Waals surface area contributed by atoms with Crippen molar-refractivity contribution in [2.24, 2.45) is 0 Å². The molecule has 8 nitrogen and oxygen atoms in total. The van der Waals surface area contributed by atoms with Gasteiger partial charge in [0.05, 0.1) is 4.92 Å². The number of urea groups is 1. The zero-order valence-electron chi connectivity index (χ0n) is 15.5. The third kappa shape index (κ3) is 5.16. The highest BCUT2D eigenvalue weighted by atomic mass is 16.6. The molecule has 0 aliphatic carbocycles. The smallest absolute Gasteiger partial charge is 0.322 e. The van der Waals surface area contributed by atoms with E-state index in [0.717, 1.165) is 5.56 Å². The van der Waals surface area contributed by atoms with E-state index >= 15 is 0 Å². The molecule has 0 saturated heterocycles. The van der Waals surface area contributed by atoms with Gasteiger partial charge in [0.1, 0.15) is 5.69 Å².